The molecule has 1 fully saturated rings. The van der Waals surface area contributed by atoms with Gasteiger partial charge in [0.25, 0.3) is 0 Å². The molecule has 2 aromatic carbocycles. The van der Waals surface area contributed by atoms with Crippen LogP contribution in [0.15, 0.2) is 59.6 Å². The molecule has 0 atom stereocenters. The first kappa shape index (κ1) is 26.3. The molecule has 0 unspecified atom stereocenters. The van der Waals surface area contributed by atoms with Gasteiger partial charge in [0.15, 0.2) is 0 Å². The Balaban J connectivity index is 1.61. The van der Waals surface area contributed by atoms with E-state index in [-0.39, 0.29) is 6.61 Å². The fourth-order valence-electron chi connectivity index (χ4n) is 4.81. The molecule has 1 aliphatic carbocycles. The second kappa shape index (κ2) is 12.9. The van der Waals surface area contributed by atoms with Gasteiger partial charge in [-0.05, 0) is 55.2 Å². The van der Waals surface area contributed by atoms with Crippen LogP contribution >= 0.6 is 11.8 Å². The largest absolute Gasteiger partial charge is 0.497 e. The van der Waals surface area contributed by atoms with E-state index >= 15 is 0 Å². The van der Waals surface area contributed by atoms with Gasteiger partial charge in [0.05, 0.1) is 19.7 Å². The highest BCUT2D eigenvalue weighted by Gasteiger charge is 2.26. The van der Waals surface area contributed by atoms with Gasteiger partial charge in [0, 0.05) is 24.8 Å². The van der Waals surface area contributed by atoms with Crippen LogP contribution in [0.4, 0.5) is 0 Å². The number of hydrogen-bond acceptors (Lipinski definition) is 6. The van der Waals surface area contributed by atoms with Crippen molar-refractivity contribution in [3.63, 3.8) is 0 Å². The monoisotopic (exact) mass is 510 g/mol. The molecule has 1 N–H and O–H groups in total. The van der Waals surface area contributed by atoms with Crippen LogP contribution in [0.2, 0.25) is 0 Å². The summed E-state index contributed by atoms with van der Waals surface area (Å²) in [5, 5.41) is 15.1. The Bertz CT molecular complexity index is 1130. The average Bonchev–Trinajstić information content (AvgIpc) is 3.26. The van der Waals surface area contributed by atoms with Crippen LogP contribution in [0.5, 0.6) is 5.75 Å². The van der Waals surface area contributed by atoms with Crippen molar-refractivity contribution in [2.24, 2.45) is 11.8 Å². The van der Waals surface area contributed by atoms with Crippen molar-refractivity contribution < 1.29 is 24.1 Å². The first-order valence-corrected chi connectivity index (χ1v) is 13.3. The first-order chi connectivity index (χ1) is 17.6. The summed E-state index contributed by atoms with van der Waals surface area (Å²) < 4.78 is 18.4. The molecule has 1 aliphatic rings. The summed E-state index contributed by atoms with van der Waals surface area (Å²) in [6, 6.07) is 18.5. The van der Waals surface area contributed by atoms with Gasteiger partial charge in [-0.15, -0.1) is 0 Å². The van der Waals surface area contributed by atoms with E-state index in [1.54, 1.807) is 26.0 Å². The molecule has 0 amide bonds. The highest BCUT2D eigenvalue weighted by molar-refractivity contribution is 7.99. The molecule has 0 bridgehead atoms. The summed E-state index contributed by atoms with van der Waals surface area (Å²) in [6.07, 6.45) is 4.23. The van der Waals surface area contributed by atoms with Crippen LogP contribution in [-0.4, -0.2) is 54.2 Å². The van der Waals surface area contributed by atoms with Crippen molar-refractivity contribution in [3.8, 4) is 28.1 Å². The van der Waals surface area contributed by atoms with Crippen molar-refractivity contribution in [2.75, 3.05) is 33.4 Å². The number of carbonyl (C=O) groups is 1. The molecule has 0 saturated heterocycles. The molecule has 192 valence electrons. The third kappa shape index (κ3) is 6.69. The van der Waals surface area contributed by atoms with E-state index in [1.165, 1.54) is 0 Å². The second-order valence-electron chi connectivity index (χ2n) is 9.16. The van der Waals surface area contributed by atoms with Gasteiger partial charge in [-0.3, -0.25) is 4.68 Å². The molecule has 1 heterocycles. The number of nitrogens with zero attached hydrogens (tertiary/aromatic N) is 2. The minimum atomic E-state index is -0.912. The normalized spacial score (nSPS) is 17.7. The number of carboxylic acids is 1. The van der Waals surface area contributed by atoms with Crippen LogP contribution in [0.3, 0.4) is 0 Å². The summed E-state index contributed by atoms with van der Waals surface area (Å²) in [5.74, 6) is 1.36. The maximum Gasteiger partial charge on any atom is 0.329 e. The van der Waals surface area contributed by atoms with Crippen LogP contribution in [0.25, 0.3) is 22.4 Å². The van der Waals surface area contributed by atoms with Crippen molar-refractivity contribution in [1.29, 1.82) is 0 Å². The smallest absolute Gasteiger partial charge is 0.329 e. The number of hydrogen-bond donors (Lipinski definition) is 1. The van der Waals surface area contributed by atoms with Crippen LogP contribution in [-0.2, 0) is 20.8 Å². The molecular weight excluding hydrogens is 476 g/mol. The van der Waals surface area contributed by atoms with E-state index in [4.69, 9.17) is 24.4 Å². The van der Waals surface area contributed by atoms with Gasteiger partial charge in [0.1, 0.15) is 23.1 Å². The summed E-state index contributed by atoms with van der Waals surface area (Å²) >= 11 is 1.67. The van der Waals surface area contributed by atoms with Gasteiger partial charge in [-0.1, -0.05) is 54.2 Å². The van der Waals surface area contributed by atoms with E-state index in [0.717, 1.165) is 65.4 Å². The maximum atomic E-state index is 10.7. The summed E-state index contributed by atoms with van der Waals surface area (Å²) in [5.41, 5.74) is 4.20. The topological polar surface area (TPSA) is 82.8 Å². The minimum Gasteiger partial charge on any atom is -0.497 e. The summed E-state index contributed by atoms with van der Waals surface area (Å²) in [7, 11) is 3.39. The fraction of sp³-hybridized carbons (Fsp3) is 0.429. The van der Waals surface area contributed by atoms with Crippen molar-refractivity contribution in [3.05, 3.63) is 54.6 Å². The van der Waals surface area contributed by atoms with Crippen molar-refractivity contribution >= 4 is 17.7 Å². The highest BCUT2D eigenvalue weighted by Crippen LogP contribution is 2.41. The predicted molar refractivity (Wildman–Crippen MR) is 141 cm³/mol. The third-order valence-electron chi connectivity index (χ3n) is 6.60. The van der Waals surface area contributed by atoms with E-state index in [2.05, 4.69) is 35.0 Å². The molecule has 8 heteroatoms. The number of ether oxygens (including phenoxy) is 3. The highest BCUT2D eigenvalue weighted by atomic mass is 32.2. The van der Waals surface area contributed by atoms with Gasteiger partial charge in [-0.2, -0.15) is 5.10 Å². The van der Waals surface area contributed by atoms with E-state index in [9.17, 15) is 4.79 Å². The lowest BCUT2D eigenvalue weighted by Crippen LogP contribution is -2.23. The number of rotatable bonds is 12. The lowest BCUT2D eigenvalue weighted by Gasteiger charge is -2.28. The quantitative estimate of drug-likeness (QED) is 0.242. The lowest BCUT2D eigenvalue weighted by atomic mass is 9.82. The molecule has 3 aromatic rings. The van der Waals surface area contributed by atoms with Gasteiger partial charge >= 0.3 is 5.97 Å². The summed E-state index contributed by atoms with van der Waals surface area (Å²) in [4.78, 5) is 10.7. The van der Waals surface area contributed by atoms with Gasteiger partial charge < -0.3 is 19.3 Å². The van der Waals surface area contributed by atoms with Gasteiger partial charge in [0.2, 0.25) is 0 Å². The molecule has 36 heavy (non-hydrogen) atoms. The molecule has 1 saturated carbocycles. The number of aromatic nitrogens is 2. The summed E-state index contributed by atoms with van der Waals surface area (Å²) in [6.45, 7) is 1.13. The molecular formula is C28H34N2O5S. The molecule has 0 aliphatic heterocycles. The van der Waals surface area contributed by atoms with Crippen LogP contribution in [0.1, 0.15) is 25.7 Å². The second-order valence-corrected chi connectivity index (χ2v) is 10.1. The Labute approximate surface area is 216 Å². The number of thioether (sulfide) groups is 1. The van der Waals surface area contributed by atoms with E-state index in [1.807, 2.05) is 24.3 Å². The zero-order chi connectivity index (χ0) is 25.3. The average molecular weight is 511 g/mol. The number of aliphatic carboxylic acids is 1. The first-order valence-electron chi connectivity index (χ1n) is 12.3. The van der Waals surface area contributed by atoms with Crippen LogP contribution < -0.4 is 4.74 Å². The molecule has 1 aromatic heterocycles. The minimum absolute atomic E-state index is 0.220. The molecule has 7 nitrogen and oxygen atoms in total. The maximum absolute atomic E-state index is 10.7. The SMILES string of the molecule is COCSc1c(-c2ccccc2)c(-c2cccc(OC)c2)nn1CC1CCC(COCC(=O)O)CC1. The Morgan fingerprint density at radius 2 is 1.75 bits per heavy atom. The standard InChI is InChI=1S/C28H34N2O5S/c1-33-19-36-28-26(22-7-4-3-5-8-22)27(23-9-6-10-24(15-23)34-2)29-30(28)16-20-11-13-21(14-12-20)17-35-18-25(31)32/h3-10,15,20-21H,11-14,16-19H2,1-2H3,(H,31,32). The fourth-order valence-corrected chi connectivity index (χ4v) is 5.66. The molecule has 0 radical (unpaired) electrons. The zero-order valence-corrected chi connectivity index (χ0v) is 21.7. The number of carboxylic acid groups (broad SMARTS) is 1. The Morgan fingerprint density at radius 3 is 2.44 bits per heavy atom. The zero-order valence-electron chi connectivity index (χ0n) is 20.9. The number of methoxy groups -OCH3 is 2. The third-order valence-corrected chi connectivity index (χ3v) is 7.64. The molecule has 0 spiro atoms. The van der Waals surface area contributed by atoms with Gasteiger partial charge in [-0.25, -0.2) is 4.79 Å². The Kier molecular flexibility index (Phi) is 9.44. The Hall–Kier alpha value is -2.81. The van der Waals surface area contributed by atoms with E-state index < -0.39 is 5.97 Å². The van der Waals surface area contributed by atoms with Crippen LogP contribution in [0, 0.1) is 11.8 Å². The predicted octanol–water partition coefficient (Wildman–Crippen LogP) is 5.83. The Morgan fingerprint density at radius 1 is 1.03 bits per heavy atom. The number of benzene rings is 2. The van der Waals surface area contributed by atoms with E-state index in [0.29, 0.717) is 24.4 Å². The molecule has 4 rings (SSSR count). The lowest BCUT2D eigenvalue weighted by molar-refractivity contribution is -0.142. The van der Waals surface area contributed by atoms with Crippen molar-refractivity contribution in [1.82, 2.24) is 9.78 Å². The van der Waals surface area contributed by atoms with Crippen molar-refractivity contribution in [2.45, 2.75) is 37.3 Å².